The number of rotatable bonds is 25. The van der Waals surface area contributed by atoms with Crippen LogP contribution < -0.4 is 38.1 Å². The number of nitrogens with one attached hydrogen (secondary N) is 5. The van der Waals surface area contributed by atoms with E-state index >= 15 is 0 Å². The quantitative estimate of drug-likeness (QED) is 0.0521. The van der Waals surface area contributed by atoms with E-state index in [4.69, 9.17) is 16.6 Å². The first-order chi connectivity index (χ1) is 33.1. The third kappa shape index (κ3) is 16.0. The molecular formula is C47H65N9O14. The van der Waals surface area contributed by atoms with Crippen LogP contribution in [-0.2, 0) is 60.8 Å². The molecule has 0 unspecified atom stereocenters. The van der Waals surface area contributed by atoms with Gasteiger partial charge in [-0.2, -0.15) is 0 Å². The smallest absolute Gasteiger partial charge is 0.326 e. The molecule has 2 heterocycles. The summed E-state index contributed by atoms with van der Waals surface area (Å²) in [6, 6.07) is 3.91. The number of hydrogen-bond acceptors (Lipinski definition) is 13. The fourth-order valence-electron chi connectivity index (χ4n) is 8.36. The van der Waals surface area contributed by atoms with Gasteiger partial charge >= 0.3 is 11.9 Å². The van der Waals surface area contributed by atoms with Gasteiger partial charge in [0.25, 0.3) is 0 Å². The molecule has 2 saturated heterocycles. The molecule has 2 aliphatic heterocycles. The minimum atomic E-state index is -1.76. The molecule has 0 saturated carbocycles. The zero-order chi connectivity index (χ0) is 51.8. The number of nitrogens with two attached hydrogens (primary N) is 2. The highest BCUT2D eigenvalue weighted by atomic mass is 16.4. The van der Waals surface area contributed by atoms with E-state index in [-0.39, 0.29) is 50.9 Å². The lowest BCUT2D eigenvalue weighted by molar-refractivity contribution is -0.144. The van der Waals surface area contributed by atoms with Gasteiger partial charge in [-0.25, -0.2) is 4.79 Å². The lowest BCUT2D eigenvalue weighted by Gasteiger charge is -2.32. The summed E-state index contributed by atoms with van der Waals surface area (Å²) >= 11 is 0. The zero-order valence-corrected chi connectivity index (χ0v) is 39.4. The van der Waals surface area contributed by atoms with Crippen LogP contribution in [0.3, 0.4) is 0 Å². The van der Waals surface area contributed by atoms with Crippen molar-refractivity contribution in [3.63, 3.8) is 0 Å². The molecule has 0 aromatic heterocycles. The van der Waals surface area contributed by atoms with Crippen molar-refractivity contribution in [1.82, 2.24) is 36.4 Å². The summed E-state index contributed by atoms with van der Waals surface area (Å²) in [5.74, 6) is -9.72. The fourth-order valence-corrected chi connectivity index (χ4v) is 8.36. The SMILES string of the molecule is CC(C)[C@H](NC(=O)[C@@H]1CCCN1C(=O)[C@@H](N)Cc1ccc(O)cc1)C(=O)N[C@@H](CCC(N)=O)C(=O)N1CCC[C@H]1C(=O)N[C@@H](Cc1ccccc1)C(=O)N[C@H](C(=O)N[C@@H](CCC(=O)O)C(=O)O)[C@@H](C)O. The molecule has 9 atom stereocenters. The van der Waals surface area contributed by atoms with Gasteiger partial charge in [0.05, 0.1) is 12.1 Å². The molecule has 2 aromatic carbocycles. The number of benzene rings is 2. The van der Waals surface area contributed by atoms with E-state index in [1.807, 2.05) is 0 Å². The summed E-state index contributed by atoms with van der Waals surface area (Å²) in [5.41, 5.74) is 13.0. The van der Waals surface area contributed by atoms with Gasteiger partial charge in [0.2, 0.25) is 47.3 Å². The topological polar surface area (TPSA) is 370 Å². The Bertz CT molecular complexity index is 2210. The van der Waals surface area contributed by atoms with Crippen LogP contribution in [-0.4, -0.2) is 157 Å². The second kappa shape index (κ2) is 26.0. The number of aliphatic hydroxyl groups excluding tert-OH is 1. The number of primary amides is 1. The molecule has 0 spiro atoms. The summed E-state index contributed by atoms with van der Waals surface area (Å²) in [6.45, 7) is 4.74. The van der Waals surface area contributed by atoms with E-state index in [1.54, 1.807) is 56.3 Å². The number of amides is 8. The van der Waals surface area contributed by atoms with E-state index in [2.05, 4.69) is 26.6 Å². The highest BCUT2D eigenvalue weighted by molar-refractivity contribution is 5.98. The van der Waals surface area contributed by atoms with Gasteiger partial charge in [-0.1, -0.05) is 56.3 Å². The van der Waals surface area contributed by atoms with Gasteiger partial charge in [-0.15, -0.1) is 0 Å². The van der Waals surface area contributed by atoms with Crippen LogP contribution in [0.5, 0.6) is 5.75 Å². The van der Waals surface area contributed by atoms with E-state index in [1.165, 1.54) is 21.9 Å². The highest BCUT2D eigenvalue weighted by Gasteiger charge is 2.42. The first kappa shape index (κ1) is 55.5. The molecule has 382 valence electrons. The van der Waals surface area contributed by atoms with Crippen molar-refractivity contribution in [3.05, 3.63) is 65.7 Å². The average Bonchev–Trinajstić information content (AvgIpc) is 4.01. The Morgan fingerprint density at radius 2 is 1.16 bits per heavy atom. The standard InChI is InChI=1S/C47H65N9O14/c1-25(2)38(53-42(64)35-12-7-21-55(35)45(67)30(48)23-28-13-15-29(58)16-14-28)43(65)50-31(17-19-36(49)59)46(68)56-22-8-11-34(56)41(63)52-33(24-27-9-5-4-6-10-27)40(62)54-39(26(3)57)44(66)51-32(47(69)70)18-20-37(60)61/h4-6,9-10,13-16,25-26,30-35,38-39,57-58H,7-8,11-12,17-24,48H2,1-3H3,(H2,49,59)(H,50,65)(H,51,66)(H,52,63)(H,53,64)(H,54,62)(H,60,61)(H,69,70)/t26-,30+,31+,32+,33+,34+,35+,38+,39+/m1/s1. The van der Waals surface area contributed by atoms with Crippen LogP contribution in [0.2, 0.25) is 0 Å². The molecule has 23 nitrogen and oxygen atoms in total. The largest absolute Gasteiger partial charge is 0.508 e. The van der Waals surface area contributed by atoms with Crippen molar-refractivity contribution in [1.29, 1.82) is 0 Å². The van der Waals surface area contributed by atoms with Crippen LogP contribution in [0.15, 0.2) is 54.6 Å². The molecule has 2 aromatic rings. The number of nitrogens with zero attached hydrogens (tertiary/aromatic N) is 2. The molecule has 0 aliphatic carbocycles. The maximum absolute atomic E-state index is 14.4. The van der Waals surface area contributed by atoms with Gasteiger partial charge < -0.3 is 68.3 Å². The summed E-state index contributed by atoms with van der Waals surface area (Å²) in [4.78, 5) is 134. The minimum absolute atomic E-state index is 0.0249. The summed E-state index contributed by atoms with van der Waals surface area (Å²) in [7, 11) is 0. The molecule has 70 heavy (non-hydrogen) atoms. The molecule has 4 rings (SSSR count). The van der Waals surface area contributed by atoms with Gasteiger partial charge in [0.15, 0.2) is 0 Å². The van der Waals surface area contributed by atoms with Gasteiger partial charge in [0, 0.05) is 32.4 Å². The Kier molecular flexibility index (Phi) is 20.6. The van der Waals surface area contributed by atoms with Crippen LogP contribution in [0.4, 0.5) is 0 Å². The zero-order valence-electron chi connectivity index (χ0n) is 39.4. The van der Waals surface area contributed by atoms with Crippen molar-refractivity contribution in [2.24, 2.45) is 17.4 Å². The number of carboxylic acid groups (broad SMARTS) is 2. The van der Waals surface area contributed by atoms with E-state index in [0.29, 0.717) is 30.4 Å². The first-order valence-electron chi connectivity index (χ1n) is 23.2. The molecule has 8 amide bonds. The number of aliphatic hydroxyl groups is 1. The van der Waals surface area contributed by atoms with Crippen LogP contribution >= 0.6 is 0 Å². The Hall–Kier alpha value is -7.14. The Morgan fingerprint density at radius 3 is 1.70 bits per heavy atom. The molecule has 23 heteroatoms. The Balaban J connectivity index is 1.50. The number of phenols is 1. The van der Waals surface area contributed by atoms with Gasteiger partial charge in [-0.3, -0.25) is 43.2 Å². The predicted octanol–water partition coefficient (Wildman–Crippen LogP) is -1.84. The molecular weight excluding hydrogens is 915 g/mol. The van der Waals surface area contributed by atoms with Crippen LogP contribution in [0, 0.1) is 5.92 Å². The normalized spacial score (nSPS) is 18.5. The molecule has 0 radical (unpaired) electrons. The molecule has 0 bridgehead atoms. The van der Waals surface area contributed by atoms with Crippen molar-refractivity contribution in [3.8, 4) is 5.75 Å². The van der Waals surface area contributed by atoms with E-state index < -0.39 is 132 Å². The van der Waals surface area contributed by atoms with Crippen LogP contribution in [0.1, 0.15) is 83.3 Å². The summed E-state index contributed by atoms with van der Waals surface area (Å²) in [5, 5.41) is 51.2. The molecule has 2 fully saturated rings. The second-order valence-electron chi connectivity index (χ2n) is 18.0. The average molecular weight is 980 g/mol. The van der Waals surface area contributed by atoms with Crippen molar-refractivity contribution in [2.45, 2.75) is 139 Å². The molecule has 2 aliphatic rings. The monoisotopic (exact) mass is 979 g/mol. The predicted molar refractivity (Wildman–Crippen MR) is 249 cm³/mol. The molecule has 13 N–H and O–H groups in total. The number of carbonyl (C=O) groups excluding carboxylic acids is 8. The number of likely N-dealkylation sites (tertiary alicyclic amines) is 2. The number of carbonyl (C=O) groups is 10. The third-order valence-corrected chi connectivity index (χ3v) is 12.2. The number of carboxylic acids is 2. The summed E-state index contributed by atoms with van der Waals surface area (Å²) in [6.07, 6.45) is -2.13. The number of aromatic hydroxyl groups is 1. The van der Waals surface area contributed by atoms with Gasteiger partial charge in [0.1, 0.15) is 48.0 Å². The number of aliphatic carboxylic acids is 2. The van der Waals surface area contributed by atoms with E-state index in [9.17, 15) is 63.3 Å². The lowest BCUT2D eigenvalue weighted by atomic mass is 10.0. The highest BCUT2D eigenvalue weighted by Crippen LogP contribution is 2.23. The fraction of sp³-hybridized carbons (Fsp3) is 0.532. The lowest BCUT2D eigenvalue weighted by Crippen LogP contribution is -2.61. The summed E-state index contributed by atoms with van der Waals surface area (Å²) < 4.78 is 0. The Morgan fingerprint density at radius 1 is 0.629 bits per heavy atom. The second-order valence-corrected chi connectivity index (χ2v) is 18.0. The van der Waals surface area contributed by atoms with Crippen molar-refractivity contribution >= 4 is 59.2 Å². The maximum atomic E-state index is 14.4. The minimum Gasteiger partial charge on any atom is -0.508 e. The third-order valence-electron chi connectivity index (χ3n) is 12.2. The first-order valence-corrected chi connectivity index (χ1v) is 23.2. The van der Waals surface area contributed by atoms with E-state index in [0.717, 1.165) is 6.92 Å². The van der Waals surface area contributed by atoms with Crippen LogP contribution in [0.25, 0.3) is 0 Å². The maximum Gasteiger partial charge on any atom is 0.326 e. The van der Waals surface area contributed by atoms with Crippen molar-refractivity contribution in [2.75, 3.05) is 13.1 Å². The number of phenolic OH excluding ortho intramolecular Hbond substituents is 1. The number of hydrogen-bond donors (Lipinski definition) is 11. The van der Waals surface area contributed by atoms with Crippen molar-refractivity contribution < 1.29 is 68.4 Å². The van der Waals surface area contributed by atoms with Gasteiger partial charge in [-0.05, 0) is 81.0 Å². The Labute approximate surface area is 404 Å².